The van der Waals surface area contributed by atoms with E-state index in [-0.39, 0.29) is 98.2 Å². The number of carbonyl (C=O) groups is 4. The summed E-state index contributed by atoms with van der Waals surface area (Å²) >= 11 is 0. The molecule has 20 atom stereocenters. The Morgan fingerprint density at radius 2 is 1.06 bits per heavy atom. The summed E-state index contributed by atoms with van der Waals surface area (Å²) in [6, 6.07) is 0. The fraction of sp³-hybridized carbons (Fsp3) is 0.723. The zero-order chi connectivity index (χ0) is 61.1. The lowest BCUT2D eigenvalue weighted by atomic mass is 9.87. The first-order chi connectivity index (χ1) is 37.0. The van der Waals surface area contributed by atoms with Crippen LogP contribution in [-0.2, 0) is 47.6 Å². The number of carbonyl (C=O) groups excluding carboxylic acids is 4. The van der Waals surface area contributed by atoms with Crippen LogP contribution >= 0.6 is 0 Å². The van der Waals surface area contributed by atoms with E-state index in [0.29, 0.717) is 44.9 Å². The van der Waals surface area contributed by atoms with E-state index in [1.165, 1.54) is 19.9 Å². The smallest absolute Gasteiger partial charge is 0.306 e. The molecular weight excluding hydrogens is 1040 g/mol. The van der Waals surface area contributed by atoms with Crippen molar-refractivity contribution in [2.24, 2.45) is 35.5 Å². The highest BCUT2D eigenvalue weighted by atomic mass is 16.6. The number of cyclic esters (lactones) is 2. The maximum Gasteiger partial charge on any atom is 0.306 e. The Bertz CT molecular complexity index is 2150. The highest BCUT2D eigenvalue weighted by Crippen LogP contribution is 2.39. The van der Waals surface area contributed by atoms with Gasteiger partial charge in [-0.3, -0.25) is 19.2 Å². The molecule has 2 saturated heterocycles. The summed E-state index contributed by atoms with van der Waals surface area (Å²) in [4.78, 5) is 48.2. The van der Waals surface area contributed by atoms with Gasteiger partial charge in [-0.05, 0) is 115 Å². The van der Waals surface area contributed by atoms with Gasteiger partial charge in [-0.25, -0.2) is 0 Å². The minimum atomic E-state index is -1.27. The molecule has 0 radical (unpaired) electrons. The van der Waals surface area contributed by atoms with Crippen molar-refractivity contribution >= 4 is 23.9 Å². The van der Waals surface area contributed by atoms with Gasteiger partial charge in [0.1, 0.15) is 35.6 Å². The van der Waals surface area contributed by atoms with Crippen LogP contribution in [0, 0.1) is 35.5 Å². The van der Waals surface area contributed by atoms with E-state index in [1.807, 2.05) is 87.5 Å². The Hall–Kier alpha value is -4.26. The molecule has 4 aliphatic heterocycles. The Balaban J connectivity index is 0.000000669. The SMILES string of the molecule is C.C=C/C=C(\C)[C@H]1OC(=O)C[C@H](C)CC[C@@](C)(O)[C@@H](OC(C)=O)/C=C/[C@@H]1C.C=C[C@](C)(O)C[C@H]1O[C@@H]1[C@H](C)[C@@H](O)CC.CC[C@H](O)[C@@H](C)[C@H]1O[C@@H]1C[C@@](C)(O)/C=C/C=C(\C)[C@H]1OC(=O)C[C@H](C)CC[C@@](C)(O)[C@@H](OC(C)=O)/C=C/[C@@H]1C. The third-order valence-corrected chi connectivity index (χ3v) is 15.9. The first-order valence-corrected chi connectivity index (χ1v) is 29.0. The molecule has 16 nitrogen and oxygen atoms in total. The zero-order valence-electron chi connectivity index (χ0n) is 51.3. The molecule has 81 heavy (non-hydrogen) atoms. The molecule has 0 aromatic heterocycles. The number of aliphatic hydroxyl groups excluding tert-OH is 2. The van der Waals surface area contributed by atoms with Gasteiger partial charge >= 0.3 is 23.9 Å². The minimum absolute atomic E-state index is 0. The number of ether oxygens (including phenoxy) is 6. The van der Waals surface area contributed by atoms with Gasteiger partial charge in [-0.15, -0.1) is 6.58 Å². The number of epoxide rings is 2. The number of hydrogen-bond acceptors (Lipinski definition) is 16. The van der Waals surface area contributed by atoms with E-state index >= 15 is 0 Å². The molecule has 4 rings (SSSR count). The van der Waals surface area contributed by atoms with Gasteiger partial charge in [0.2, 0.25) is 0 Å². The molecule has 0 saturated carbocycles. The molecule has 0 spiro atoms. The van der Waals surface area contributed by atoms with Crippen LogP contribution in [0.4, 0.5) is 0 Å². The lowest BCUT2D eigenvalue weighted by Gasteiger charge is -2.32. The van der Waals surface area contributed by atoms with E-state index in [0.717, 1.165) is 17.6 Å². The molecule has 4 heterocycles. The van der Waals surface area contributed by atoms with E-state index in [4.69, 9.17) is 28.4 Å². The summed E-state index contributed by atoms with van der Waals surface area (Å²) < 4.78 is 33.6. The molecule has 0 amide bonds. The standard InChI is InChI=1S/C31H50O8.C21H32O5.C12H22O3.CH4/c1-9-24(33)22(5)29-25(38-29)18-30(7,35)15-10-11-20(3)28-21(4)12-13-26(37-23(6)32)31(8,36)16-14-19(2)17-27(34)39-28;1-7-8-15(3)20-16(4)9-10-18(25-17(5)22)21(6,24)12-11-14(2)13-19(23)26-20;1-5-9(13)8(3)11-10(15-11)7-12(4,14)6-2;/h10-13,15,19,21-22,24-26,28-29,33,35-36H,9,14,16-18H2,1-8H3;7-10,14,16,18,20,24H,1,11-13H2,2-6H3;6,8-11,13-14H,2,5,7H2,1,3-4H3;1H4/b13-12+,15-10+,20-11+;10-9+,15-8+;;/t19-,21+,22-,24+,25-,26+,28-,29-,30+,31-;14-,16+,18+,20-,21-;8-,9+,10-,11-,12+;/m111./s1. The van der Waals surface area contributed by atoms with Gasteiger partial charge in [0, 0.05) is 63.2 Å². The Kier molecular flexibility index (Phi) is 31.3. The maximum absolute atomic E-state index is 12.8. The highest BCUT2D eigenvalue weighted by Gasteiger charge is 2.48. The predicted molar refractivity (Wildman–Crippen MR) is 317 cm³/mol. The third-order valence-electron chi connectivity index (χ3n) is 15.9. The van der Waals surface area contributed by atoms with E-state index in [2.05, 4.69) is 13.2 Å². The van der Waals surface area contributed by atoms with Crippen molar-refractivity contribution in [2.45, 2.75) is 266 Å². The average Bonchev–Trinajstić information content (AvgIpc) is 4.31. The van der Waals surface area contributed by atoms with Crippen LogP contribution in [-0.4, -0.2) is 138 Å². The van der Waals surface area contributed by atoms with Gasteiger partial charge in [-0.2, -0.15) is 0 Å². The first-order valence-electron chi connectivity index (χ1n) is 29.0. The van der Waals surface area contributed by atoms with Crippen molar-refractivity contribution in [1.82, 2.24) is 0 Å². The van der Waals surface area contributed by atoms with Crippen molar-refractivity contribution in [3.63, 3.8) is 0 Å². The van der Waals surface area contributed by atoms with Crippen molar-refractivity contribution in [3.8, 4) is 0 Å². The molecule has 0 aromatic carbocycles. The molecule has 464 valence electrons. The normalized spacial score (nSPS) is 35.1. The van der Waals surface area contributed by atoms with Crippen molar-refractivity contribution in [3.05, 3.63) is 85.1 Å². The summed E-state index contributed by atoms with van der Waals surface area (Å²) in [6.45, 7) is 36.0. The maximum atomic E-state index is 12.8. The second kappa shape index (κ2) is 33.9. The number of rotatable bonds is 18. The third kappa shape index (κ3) is 26.5. The predicted octanol–water partition coefficient (Wildman–Crippen LogP) is 10.3. The molecule has 6 N–H and O–H groups in total. The second-order valence-electron chi connectivity index (χ2n) is 24.5. The summed E-state index contributed by atoms with van der Waals surface area (Å²) in [6.07, 6.45) is 18.8. The van der Waals surface area contributed by atoms with E-state index in [1.54, 1.807) is 64.2 Å². The van der Waals surface area contributed by atoms with Crippen LogP contribution in [0.15, 0.2) is 85.1 Å². The molecule has 0 aliphatic carbocycles. The number of aliphatic hydroxyl groups is 6. The summed E-state index contributed by atoms with van der Waals surface area (Å²) in [5.74, 6) is -1.73. The average molecular weight is 1150 g/mol. The fourth-order valence-corrected chi connectivity index (χ4v) is 10.1. The van der Waals surface area contributed by atoms with Crippen LogP contribution in [0.1, 0.15) is 182 Å². The molecule has 4 aliphatic rings. The van der Waals surface area contributed by atoms with Crippen LogP contribution in [0.2, 0.25) is 0 Å². The Morgan fingerprint density at radius 1 is 0.691 bits per heavy atom. The van der Waals surface area contributed by atoms with Gasteiger partial charge < -0.3 is 59.1 Å². The Morgan fingerprint density at radius 3 is 1.41 bits per heavy atom. The second-order valence-corrected chi connectivity index (χ2v) is 24.5. The fourth-order valence-electron chi connectivity index (χ4n) is 10.1. The largest absolute Gasteiger partial charge is 0.457 e. The quantitative estimate of drug-likeness (QED) is 0.0245. The molecule has 2 fully saturated rings. The van der Waals surface area contributed by atoms with Crippen LogP contribution in [0.25, 0.3) is 0 Å². The lowest BCUT2D eigenvalue weighted by molar-refractivity contribution is -0.157. The van der Waals surface area contributed by atoms with Crippen molar-refractivity contribution < 1.29 is 78.2 Å². The summed E-state index contributed by atoms with van der Waals surface area (Å²) in [7, 11) is 0. The van der Waals surface area contributed by atoms with Crippen LogP contribution < -0.4 is 0 Å². The first kappa shape index (κ1) is 74.8. The monoisotopic (exact) mass is 1140 g/mol. The lowest BCUT2D eigenvalue weighted by Crippen LogP contribution is -2.41. The molecule has 16 heteroatoms. The van der Waals surface area contributed by atoms with Gasteiger partial charge in [0.15, 0.2) is 0 Å². The van der Waals surface area contributed by atoms with Crippen molar-refractivity contribution in [2.75, 3.05) is 0 Å². The number of esters is 4. The topological polar surface area (TPSA) is 252 Å². The molecular formula is C65H108O16. The van der Waals surface area contributed by atoms with Gasteiger partial charge in [-0.1, -0.05) is 118 Å². The zero-order valence-corrected chi connectivity index (χ0v) is 51.3. The Labute approximate surface area is 486 Å². The molecule has 0 unspecified atom stereocenters. The molecule has 0 aromatic rings. The highest BCUT2D eigenvalue weighted by molar-refractivity contribution is 5.71. The molecule has 0 bridgehead atoms. The van der Waals surface area contributed by atoms with Gasteiger partial charge in [0.05, 0.1) is 47.8 Å². The minimum Gasteiger partial charge on any atom is -0.457 e. The summed E-state index contributed by atoms with van der Waals surface area (Å²) in [5.41, 5.74) is -2.79. The van der Waals surface area contributed by atoms with Gasteiger partial charge in [0.25, 0.3) is 0 Å². The van der Waals surface area contributed by atoms with E-state index in [9.17, 15) is 49.8 Å². The van der Waals surface area contributed by atoms with Crippen LogP contribution in [0.5, 0.6) is 0 Å². The summed E-state index contributed by atoms with van der Waals surface area (Å²) in [5, 5.41) is 62.3. The van der Waals surface area contributed by atoms with Crippen molar-refractivity contribution in [1.29, 1.82) is 0 Å². The number of hydrogen-bond donors (Lipinski definition) is 6. The van der Waals surface area contributed by atoms with Crippen LogP contribution in [0.3, 0.4) is 0 Å². The number of allylic oxidation sites excluding steroid dienone is 4. The van der Waals surface area contributed by atoms with E-state index < -0.39 is 64.9 Å².